The molecule has 2 heterocycles. The minimum absolute atomic E-state index is 0.260. The van der Waals surface area contributed by atoms with Crippen molar-refractivity contribution in [1.82, 2.24) is 4.98 Å². The Morgan fingerprint density at radius 2 is 2.41 bits per heavy atom. The smallest absolute Gasteiger partial charge is 0.217 e. The molecule has 1 fully saturated rings. The van der Waals surface area contributed by atoms with Crippen LogP contribution in [0.1, 0.15) is 19.3 Å². The normalized spacial score (nSPS) is 20.3. The van der Waals surface area contributed by atoms with Gasteiger partial charge in [0, 0.05) is 19.5 Å². The lowest BCUT2D eigenvalue weighted by Gasteiger charge is -2.33. The van der Waals surface area contributed by atoms with E-state index in [0.29, 0.717) is 6.42 Å². The van der Waals surface area contributed by atoms with Crippen LogP contribution in [0.15, 0.2) is 18.3 Å². The summed E-state index contributed by atoms with van der Waals surface area (Å²) in [6.45, 7) is 1.66. The minimum Gasteiger partial charge on any atom is -0.370 e. The highest BCUT2D eigenvalue weighted by Crippen LogP contribution is 2.23. The Hall–Kier alpha value is -1.65. The molecular weight excluding hydrogens is 221 g/mol. The molecular formula is C12H16FN3O. The summed E-state index contributed by atoms with van der Waals surface area (Å²) in [5.41, 5.74) is 5.20. The van der Waals surface area contributed by atoms with Gasteiger partial charge in [0.2, 0.25) is 5.91 Å². The number of primary amides is 1. The van der Waals surface area contributed by atoms with E-state index in [1.807, 2.05) is 0 Å². The van der Waals surface area contributed by atoms with Crippen LogP contribution in [0, 0.1) is 11.7 Å². The second kappa shape index (κ2) is 5.12. The number of carbonyl (C=O) groups excluding carboxylic acids is 1. The number of hydrogen-bond acceptors (Lipinski definition) is 3. The van der Waals surface area contributed by atoms with Gasteiger partial charge in [-0.15, -0.1) is 0 Å². The number of halogens is 1. The van der Waals surface area contributed by atoms with E-state index in [1.165, 1.54) is 12.3 Å². The Morgan fingerprint density at radius 3 is 3.06 bits per heavy atom. The van der Waals surface area contributed by atoms with Gasteiger partial charge < -0.3 is 10.6 Å². The monoisotopic (exact) mass is 237 g/mol. The highest BCUT2D eigenvalue weighted by Gasteiger charge is 2.22. The van der Waals surface area contributed by atoms with E-state index in [1.54, 1.807) is 6.07 Å². The summed E-state index contributed by atoms with van der Waals surface area (Å²) in [5.74, 6) is 0.456. The van der Waals surface area contributed by atoms with Crippen LogP contribution in [-0.4, -0.2) is 24.0 Å². The van der Waals surface area contributed by atoms with Crippen LogP contribution < -0.4 is 10.6 Å². The predicted molar refractivity (Wildman–Crippen MR) is 62.9 cm³/mol. The summed E-state index contributed by atoms with van der Waals surface area (Å²) in [5, 5.41) is 0. The van der Waals surface area contributed by atoms with Crippen molar-refractivity contribution in [1.29, 1.82) is 0 Å². The standard InChI is InChI=1S/C12H16FN3O/c13-10-3-4-12(15-7-10)16-5-1-2-9(8-16)6-11(14)17/h3-4,7,9H,1-2,5-6,8H2,(H2,14,17). The minimum atomic E-state index is -0.334. The Labute approximate surface area is 99.6 Å². The summed E-state index contributed by atoms with van der Waals surface area (Å²) in [6, 6.07) is 3.07. The Kier molecular flexibility index (Phi) is 3.56. The number of nitrogens with two attached hydrogens (primary N) is 1. The lowest BCUT2D eigenvalue weighted by atomic mass is 9.94. The first kappa shape index (κ1) is 11.8. The second-order valence-corrected chi connectivity index (χ2v) is 4.46. The van der Waals surface area contributed by atoms with Crippen LogP contribution in [-0.2, 0) is 4.79 Å². The molecule has 0 aromatic carbocycles. The maximum atomic E-state index is 12.8. The van der Waals surface area contributed by atoms with E-state index in [4.69, 9.17) is 5.73 Å². The van der Waals surface area contributed by atoms with Crippen molar-refractivity contribution >= 4 is 11.7 Å². The molecule has 17 heavy (non-hydrogen) atoms. The summed E-state index contributed by atoms with van der Waals surface area (Å²) in [7, 11) is 0. The Morgan fingerprint density at radius 1 is 1.59 bits per heavy atom. The lowest BCUT2D eigenvalue weighted by Crippen LogP contribution is -2.37. The maximum Gasteiger partial charge on any atom is 0.217 e. The van der Waals surface area contributed by atoms with Crippen molar-refractivity contribution < 1.29 is 9.18 Å². The number of amides is 1. The molecule has 0 bridgehead atoms. The molecule has 0 aliphatic carbocycles. The number of nitrogens with zero attached hydrogens (tertiary/aromatic N) is 2. The zero-order valence-corrected chi connectivity index (χ0v) is 9.60. The molecule has 1 aromatic rings. The van der Waals surface area contributed by atoms with Crippen LogP contribution in [0.25, 0.3) is 0 Å². The number of carbonyl (C=O) groups is 1. The summed E-state index contributed by atoms with van der Waals surface area (Å²) >= 11 is 0. The van der Waals surface area contributed by atoms with Crippen molar-refractivity contribution in [3.63, 3.8) is 0 Å². The van der Waals surface area contributed by atoms with Crippen LogP contribution in [0.4, 0.5) is 10.2 Å². The molecule has 2 rings (SSSR count). The fourth-order valence-electron chi connectivity index (χ4n) is 2.28. The van der Waals surface area contributed by atoms with E-state index in [0.717, 1.165) is 31.7 Å². The molecule has 5 heteroatoms. The van der Waals surface area contributed by atoms with Crippen molar-refractivity contribution in [2.75, 3.05) is 18.0 Å². The van der Waals surface area contributed by atoms with Gasteiger partial charge >= 0.3 is 0 Å². The fraction of sp³-hybridized carbons (Fsp3) is 0.500. The van der Waals surface area contributed by atoms with E-state index >= 15 is 0 Å². The third kappa shape index (κ3) is 3.15. The first-order valence-electron chi connectivity index (χ1n) is 5.80. The predicted octanol–water partition coefficient (Wildman–Crippen LogP) is 1.31. The zero-order valence-electron chi connectivity index (χ0n) is 9.60. The Bertz CT molecular complexity index is 393. The van der Waals surface area contributed by atoms with E-state index in [2.05, 4.69) is 9.88 Å². The fourth-order valence-corrected chi connectivity index (χ4v) is 2.28. The van der Waals surface area contributed by atoms with Gasteiger partial charge in [-0.3, -0.25) is 4.79 Å². The largest absolute Gasteiger partial charge is 0.370 e. The topological polar surface area (TPSA) is 59.2 Å². The van der Waals surface area contributed by atoms with Crippen molar-refractivity contribution in [2.45, 2.75) is 19.3 Å². The third-order valence-electron chi connectivity index (χ3n) is 3.04. The van der Waals surface area contributed by atoms with Crippen LogP contribution in [0.3, 0.4) is 0 Å². The number of piperidine rings is 1. The van der Waals surface area contributed by atoms with Gasteiger partial charge in [-0.2, -0.15) is 0 Å². The van der Waals surface area contributed by atoms with Gasteiger partial charge in [0.05, 0.1) is 6.20 Å². The highest BCUT2D eigenvalue weighted by molar-refractivity contribution is 5.74. The molecule has 1 aliphatic rings. The molecule has 0 spiro atoms. The zero-order chi connectivity index (χ0) is 12.3. The average Bonchev–Trinajstić information content (AvgIpc) is 2.29. The van der Waals surface area contributed by atoms with E-state index < -0.39 is 0 Å². The number of hydrogen-bond donors (Lipinski definition) is 1. The molecule has 0 radical (unpaired) electrons. The average molecular weight is 237 g/mol. The van der Waals surface area contributed by atoms with E-state index in [9.17, 15) is 9.18 Å². The van der Waals surface area contributed by atoms with Gasteiger partial charge in [-0.1, -0.05) is 0 Å². The maximum absolute atomic E-state index is 12.8. The number of rotatable bonds is 3. The molecule has 1 aliphatic heterocycles. The Balaban J connectivity index is 2.01. The van der Waals surface area contributed by atoms with Crippen LogP contribution in [0.2, 0.25) is 0 Å². The van der Waals surface area contributed by atoms with Crippen molar-refractivity contribution in [2.24, 2.45) is 11.7 Å². The molecule has 2 N–H and O–H groups in total. The molecule has 1 unspecified atom stereocenters. The first-order valence-corrected chi connectivity index (χ1v) is 5.80. The van der Waals surface area contributed by atoms with Crippen molar-refractivity contribution in [3.8, 4) is 0 Å². The summed E-state index contributed by atoms with van der Waals surface area (Å²) < 4.78 is 12.8. The van der Waals surface area contributed by atoms with Gasteiger partial charge in [0.25, 0.3) is 0 Å². The third-order valence-corrected chi connectivity index (χ3v) is 3.04. The molecule has 0 saturated carbocycles. The molecule has 4 nitrogen and oxygen atoms in total. The molecule has 1 amide bonds. The lowest BCUT2D eigenvalue weighted by molar-refractivity contribution is -0.118. The van der Waals surface area contributed by atoms with Gasteiger partial charge in [-0.25, -0.2) is 9.37 Å². The molecule has 1 atom stereocenters. The molecule has 1 aromatic heterocycles. The van der Waals surface area contributed by atoms with Crippen LogP contribution in [0.5, 0.6) is 0 Å². The van der Waals surface area contributed by atoms with E-state index in [-0.39, 0.29) is 17.6 Å². The number of aromatic nitrogens is 1. The van der Waals surface area contributed by atoms with Gasteiger partial charge in [0.15, 0.2) is 0 Å². The molecule has 1 saturated heterocycles. The number of anilines is 1. The number of pyridine rings is 1. The summed E-state index contributed by atoms with van der Waals surface area (Å²) in [4.78, 5) is 17.0. The SMILES string of the molecule is NC(=O)CC1CCCN(c2ccc(F)cn2)C1. The van der Waals surface area contributed by atoms with Gasteiger partial charge in [0.1, 0.15) is 11.6 Å². The second-order valence-electron chi connectivity index (χ2n) is 4.46. The molecule has 92 valence electrons. The van der Waals surface area contributed by atoms with Crippen molar-refractivity contribution in [3.05, 3.63) is 24.1 Å². The quantitative estimate of drug-likeness (QED) is 0.862. The first-order chi connectivity index (χ1) is 8.15. The van der Waals surface area contributed by atoms with Gasteiger partial charge in [-0.05, 0) is 30.9 Å². The summed E-state index contributed by atoms with van der Waals surface area (Å²) in [6.07, 6.45) is 3.66. The highest BCUT2D eigenvalue weighted by atomic mass is 19.1. The van der Waals surface area contributed by atoms with Crippen LogP contribution >= 0.6 is 0 Å².